The monoisotopic (exact) mass is 409 g/mol. The van der Waals surface area contributed by atoms with E-state index in [1.807, 2.05) is 75.4 Å². The number of amides is 1. The van der Waals surface area contributed by atoms with Crippen molar-refractivity contribution in [2.75, 3.05) is 0 Å². The second kappa shape index (κ2) is 9.20. The summed E-state index contributed by atoms with van der Waals surface area (Å²) in [5.74, 6) is -0.491. The van der Waals surface area contributed by atoms with Crippen molar-refractivity contribution in [3.63, 3.8) is 0 Å². The van der Waals surface area contributed by atoms with E-state index >= 15 is 0 Å². The van der Waals surface area contributed by atoms with Gasteiger partial charge in [-0.2, -0.15) is 12.1 Å². The Bertz CT molecular complexity index is 711. The molecule has 1 saturated heterocycles. The molecule has 3 rings (SSSR count). The van der Waals surface area contributed by atoms with Gasteiger partial charge in [-0.15, -0.1) is 6.58 Å². The van der Waals surface area contributed by atoms with E-state index in [1.54, 1.807) is 17.9 Å². The molecule has 1 aliphatic rings. The van der Waals surface area contributed by atoms with Crippen molar-refractivity contribution in [3.05, 3.63) is 72.8 Å². The molecule has 0 aromatic heterocycles. The number of hydrogen-bond donors (Lipinski definition) is 0. The summed E-state index contributed by atoms with van der Waals surface area (Å²) in [4.78, 5) is 26.8. The van der Waals surface area contributed by atoms with Gasteiger partial charge in [0.1, 0.15) is 5.54 Å². The molecule has 4 nitrogen and oxygen atoms in total. The van der Waals surface area contributed by atoms with Crippen molar-refractivity contribution < 1.29 is 31.4 Å². The van der Waals surface area contributed by atoms with Gasteiger partial charge in [0.25, 0.3) is 0 Å². The molecule has 1 amide bonds. The number of carbonyl (C=O) groups is 2. The van der Waals surface area contributed by atoms with Gasteiger partial charge in [-0.3, -0.25) is 9.69 Å². The third-order valence-corrected chi connectivity index (χ3v) is 4.36. The van der Waals surface area contributed by atoms with Gasteiger partial charge < -0.3 is 35.1 Å². The molecular formula is C22H27FeNO3-6. The molecule has 2 aromatic rings. The average molecular weight is 409 g/mol. The van der Waals surface area contributed by atoms with Gasteiger partial charge in [-0.05, 0) is 13.3 Å². The van der Waals surface area contributed by atoms with Crippen LogP contribution in [0.5, 0.6) is 0 Å². The third-order valence-electron chi connectivity index (χ3n) is 4.36. The van der Waals surface area contributed by atoms with Gasteiger partial charge in [0, 0.05) is 22.5 Å². The molecule has 152 valence electrons. The van der Waals surface area contributed by atoms with E-state index in [4.69, 9.17) is 4.74 Å². The van der Waals surface area contributed by atoms with Crippen LogP contribution in [-0.2, 0) is 31.4 Å². The second-order valence-corrected chi connectivity index (χ2v) is 7.63. The van der Waals surface area contributed by atoms with Crippen LogP contribution in [0, 0.1) is 5.41 Å². The van der Waals surface area contributed by atoms with Crippen LogP contribution in [0.25, 0.3) is 0 Å². The van der Waals surface area contributed by atoms with E-state index in [0.717, 1.165) is 5.56 Å². The summed E-state index contributed by atoms with van der Waals surface area (Å²) in [6, 6.07) is 17.5. The van der Waals surface area contributed by atoms with Crippen LogP contribution in [-0.4, -0.2) is 22.3 Å². The normalized spacial score (nSPS) is 21.6. The Morgan fingerprint density at radius 2 is 1.74 bits per heavy atom. The Labute approximate surface area is 172 Å². The van der Waals surface area contributed by atoms with Crippen molar-refractivity contribution in [2.24, 2.45) is 5.41 Å². The van der Waals surface area contributed by atoms with Crippen molar-refractivity contribution in [1.29, 1.82) is 0 Å². The molecule has 0 bridgehead atoms. The number of ether oxygens (including phenoxy) is 1. The predicted molar refractivity (Wildman–Crippen MR) is 102 cm³/mol. The Morgan fingerprint density at radius 3 is 2.15 bits per heavy atom. The molecule has 2 aromatic carbocycles. The first-order valence-electron chi connectivity index (χ1n) is 8.76. The minimum Gasteiger partial charge on any atom is -0.748 e. The van der Waals surface area contributed by atoms with E-state index < -0.39 is 17.2 Å². The maximum atomic E-state index is 12.9. The van der Waals surface area contributed by atoms with Gasteiger partial charge in [-0.1, -0.05) is 32.4 Å². The van der Waals surface area contributed by atoms with Crippen LogP contribution in [0.3, 0.4) is 0 Å². The van der Waals surface area contributed by atoms with Gasteiger partial charge in [-0.25, -0.2) is 16.9 Å². The predicted octanol–water partition coefficient (Wildman–Crippen LogP) is 4.57. The van der Waals surface area contributed by atoms with Crippen molar-refractivity contribution in [3.8, 4) is 0 Å². The number of cyclic esters (lactones) is 1. The molecule has 1 heterocycles. The Hall–Kier alpha value is -2.10. The summed E-state index contributed by atoms with van der Waals surface area (Å²) in [6.07, 6.45) is 1.35. The molecule has 5 heteroatoms. The first-order chi connectivity index (χ1) is 12.2. The van der Waals surface area contributed by atoms with Crippen LogP contribution in [0.1, 0.15) is 45.9 Å². The van der Waals surface area contributed by atoms with Gasteiger partial charge >= 0.3 is 5.97 Å². The van der Waals surface area contributed by atoms with E-state index in [-0.39, 0.29) is 28.9 Å². The van der Waals surface area contributed by atoms with E-state index in [9.17, 15) is 9.59 Å². The van der Waals surface area contributed by atoms with Crippen LogP contribution in [0.4, 0.5) is 0 Å². The smallest absolute Gasteiger partial charge is 0.333 e. The Morgan fingerprint density at radius 1 is 1.26 bits per heavy atom. The molecule has 0 N–H and O–H groups in total. The summed E-state index contributed by atoms with van der Waals surface area (Å²) >= 11 is 0. The SMILES string of the molecule is C=CC[C@]1(C)C(=O)O[C@@H]([c-]2cccc2)N1C(=O)C(C)(C)C.[Fe].[cH-]1[cH-][cH-][cH-][cH-]1. The largest absolute Gasteiger partial charge is 0.748 e. The van der Waals surface area contributed by atoms with Crippen molar-refractivity contribution >= 4 is 11.9 Å². The zero-order valence-corrected chi connectivity index (χ0v) is 17.4. The minimum absolute atomic E-state index is 0. The number of rotatable bonds is 3. The minimum atomic E-state index is -1.01. The average Bonchev–Trinajstić information content (AvgIpc) is 3.30. The zero-order valence-electron chi connectivity index (χ0n) is 16.3. The number of carbonyl (C=O) groups excluding carboxylic acids is 2. The fourth-order valence-electron chi connectivity index (χ4n) is 2.88. The molecule has 0 aliphatic carbocycles. The number of hydrogen-bond acceptors (Lipinski definition) is 3. The van der Waals surface area contributed by atoms with Gasteiger partial charge in [0.2, 0.25) is 5.91 Å². The van der Waals surface area contributed by atoms with E-state index in [0.29, 0.717) is 6.42 Å². The number of nitrogens with zero attached hydrogens (tertiary/aromatic N) is 1. The van der Waals surface area contributed by atoms with E-state index in [1.165, 1.54) is 0 Å². The number of esters is 1. The maximum absolute atomic E-state index is 12.9. The summed E-state index contributed by atoms with van der Waals surface area (Å²) in [7, 11) is 0. The molecule has 27 heavy (non-hydrogen) atoms. The summed E-state index contributed by atoms with van der Waals surface area (Å²) in [6.45, 7) is 11.0. The van der Waals surface area contributed by atoms with Crippen LogP contribution >= 0.6 is 0 Å². The summed E-state index contributed by atoms with van der Waals surface area (Å²) < 4.78 is 5.52. The third kappa shape index (κ3) is 5.00. The molecule has 0 saturated carbocycles. The second-order valence-electron chi connectivity index (χ2n) is 7.63. The van der Waals surface area contributed by atoms with Crippen LogP contribution < -0.4 is 0 Å². The van der Waals surface area contributed by atoms with Gasteiger partial charge in [0.05, 0.1) is 0 Å². The molecule has 0 spiro atoms. The molecule has 2 atom stereocenters. The van der Waals surface area contributed by atoms with Crippen LogP contribution in [0.15, 0.2) is 67.3 Å². The van der Waals surface area contributed by atoms with Crippen molar-refractivity contribution in [2.45, 2.75) is 45.9 Å². The molecule has 0 unspecified atom stereocenters. The van der Waals surface area contributed by atoms with Crippen LogP contribution in [0.2, 0.25) is 0 Å². The maximum Gasteiger partial charge on any atom is 0.333 e. The molecular weight excluding hydrogens is 382 g/mol. The van der Waals surface area contributed by atoms with E-state index in [2.05, 4.69) is 6.58 Å². The quantitative estimate of drug-likeness (QED) is 0.323. The Kier molecular flexibility index (Phi) is 7.82. The Balaban J connectivity index is 0.000000526. The topological polar surface area (TPSA) is 46.6 Å². The van der Waals surface area contributed by atoms with Gasteiger partial charge in [0.15, 0.2) is 6.23 Å². The fourth-order valence-corrected chi connectivity index (χ4v) is 2.88. The summed E-state index contributed by atoms with van der Waals surface area (Å²) in [5, 5.41) is 0. The first kappa shape index (κ1) is 22.9. The molecule has 1 fully saturated rings. The molecule has 0 radical (unpaired) electrons. The zero-order chi connectivity index (χ0) is 19.4. The molecule has 1 aliphatic heterocycles. The first-order valence-corrected chi connectivity index (χ1v) is 8.76. The van der Waals surface area contributed by atoms with Crippen molar-refractivity contribution in [1.82, 2.24) is 4.90 Å². The standard InChI is InChI=1S/C17H22NO3.C5H5.Fe/c1-6-11-17(5)15(20)21-13(12-9-7-8-10-12)18(17)14(19)16(2,3)4;1-2-4-5-3-1;/h6-10,13H,1,11H2,2-5H3;1-5H;/q-1;-5;/t13-,17+;;/m0../s1. The fraction of sp³-hybridized carbons (Fsp3) is 0.364. The summed E-state index contributed by atoms with van der Waals surface area (Å²) in [5.41, 5.74) is -0.788.